The molecule has 0 spiro atoms. The van der Waals surface area contributed by atoms with E-state index in [0.29, 0.717) is 17.8 Å². The van der Waals surface area contributed by atoms with E-state index in [1.165, 1.54) is 6.07 Å². The largest absolute Gasteiger partial charge is 0.478 e. The second-order valence-corrected chi connectivity index (χ2v) is 4.64. The van der Waals surface area contributed by atoms with Crippen molar-refractivity contribution in [1.82, 2.24) is 0 Å². The minimum Gasteiger partial charge on any atom is -0.478 e. The molecular weight excluding hydrogens is 256 g/mol. The second kappa shape index (κ2) is 6.25. The number of carboxylic acids is 1. The van der Waals surface area contributed by atoms with Crippen molar-refractivity contribution in [1.29, 1.82) is 0 Å². The third-order valence-electron chi connectivity index (χ3n) is 2.45. The van der Waals surface area contributed by atoms with Gasteiger partial charge in [-0.3, -0.25) is 10.1 Å². The van der Waals surface area contributed by atoms with Crippen molar-refractivity contribution in [3.8, 4) is 0 Å². The maximum Gasteiger partial charge on any atom is 0.336 e. The van der Waals surface area contributed by atoms with Crippen LogP contribution >= 0.6 is 11.8 Å². The van der Waals surface area contributed by atoms with Gasteiger partial charge in [0, 0.05) is 29.6 Å². The second-order valence-electron chi connectivity index (χ2n) is 3.65. The van der Waals surface area contributed by atoms with Gasteiger partial charge in [0.1, 0.15) is 0 Å². The number of nitro benzene ring substituents is 1. The first-order valence-corrected chi connectivity index (χ1v) is 6.62. The van der Waals surface area contributed by atoms with Crippen LogP contribution in [0.4, 0.5) is 11.4 Å². The molecule has 1 rings (SSSR count). The first-order chi connectivity index (χ1) is 8.47. The summed E-state index contributed by atoms with van der Waals surface area (Å²) in [5.41, 5.74) is 0.683. The standard InChI is InChI=1S/C11H14N2O4S/c1-7-9(12-3-4-18-2)5-8(11(14)15)6-10(7)13(16)17/h5-6,12H,3-4H2,1-2H3,(H,14,15). The van der Waals surface area contributed by atoms with Crippen LogP contribution < -0.4 is 5.32 Å². The van der Waals surface area contributed by atoms with Crippen LogP contribution in [0.5, 0.6) is 0 Å². The van der Waals surface area contributed by atoms with Crippen LogP contribution in [0.2, 0.25) is 0 Å². The summed E-state index contributed by atoms with van der Waals surface area (Å²) >= 11 is 1.64. The van der Waals surface area contributed by atoms with Gasteiger partial charge in [-0.1, -0.05) is 0 Å². The maximum absolute atomic E-state index is 10.9. The SMILES string of the molecule is CSCCNc1cc(C(=O)O)cc([N+](=O)[O-])c1C. The zero-order chi connectivity index (χ0) is 13.7. The van der Waals surface area contributed by atoms with Gasteiger partial charge in [-0.25, -0.2) is 4.79 Å². The predicted molar refractivity (Wildman–Crippen MR) is 71.7 cm³/mol. The van der Waals surface area contributed by atoms with E-state index in [1.807, 2.05) is 6.26 Å². The lowest BCUT2D eigenvalue weighted by Crippen LogP contribution is -2.08. The third-order valence-corrected chi connectivity index (χ3v) is 3.06. The highest BCUT2D eigenvalue weighted by molar-refractivity contribution is 7.98. The molecule has 0 radical (unpaired) electrons. The number of hydrogen-bond donors (Lipinski definition) is 2. The van der Waals surface area contributed by atoms with Crippen molar-refractivity contribution in [3.05, 3.63) is 33.4 Å². The van der Waals surface area contributed by atoms with Crippen LogP contribution in [-0.2, 0) is 0 Å². The van der Waals surface area contributed by atoms with E-state index in [2.05, 4.69) is 5.32 Å². The van der Waals surface area contributed by atoms with Gasteiger partial charge in [0.25, 0.3) is 5.69 Å². The number of nitrogens with one attached hydrogen (secondary N) is 1. The third kappa shape index (κ3) is 3.36. The fourth-order valence-electron chi connectivity index (χ4n) is 1.48. The monoisotopic (exact) mass is 270 g/mol. The smallest absolute Gasteiger partial charge is 0.336 e. The Morgan fingerprint density at radius 2 is 2.22 bits per heavy atom. The van der Waals surface area contributed by atoms with Gasteiger partial charge in [-0.05, 0) is 19.2 Å². The molecule has 1 aromatic rings. The Morgan fingerprint density at radius 1 is 1.56 bits per heavy atom. The van der Waals surface area contributed by atoms with Gasteiger partial charge in [0.2, 0.25) is 0 Å². The number of carboxylic acid groups (broad SMARTS) is 1. The molecule has 98 valence electrons. The topological polar surface area (TPSA) is 92.5 Å². The van der Waals surface area contributed by atoms with E-state index in [9.17, 15) is 14.9 Å². The fraction of sp³-hybridized carbons (Fsp3) is 0.364. The van der Waals surface area contributed by atoms with Crippen molar-refractivity contribution < 1.29 is 14.8 Å². The number of nitro groups is 1. The highest BCUT2D eigenvalue weighted by Gasteiger charge is 2.18. The number of rotatable bonds is 6. The molecule has 1 aromatic carbocycles. The molecule has 0 bridgehead atoms. The Bertz CT molecular complexity index is 476. The molecule has 0 saturated heterocycles. The molecule has 0 aliphatic heterocycles. The molecule has 2 N–H and O–H groups in total. The van der Waals surface area contributed by atoms with E-state index in [4.69, 9.17) is 5.11 Å². The molecule has 7 heteroatoms. The van der Waals surface area contributed by atoms with Crippen molar-refractivity contribution in [2.45, 2.75) is 6.92 Å². The van der Waals surface area contributed by atoms with Crippen molar-refractivity contribution in [3.63, 3.8) is 0 Å². The molecule has 0 atom stereocenters. The molecule has 0 heterocycles. The summed E-state index contributed by atoms with van der Waals surface area (Å²) in [6.07, 6.45) is 1.95. The summed E-state index contributed by atoms with van der Waals surface area (Å²) in [5, 5.41) is 22.8. The van der Waals surface area contributed by atoms with Crippen molar-refractivity contribution in [2.24, 2.45) is 0 Å². The number of hydrogen-bond acceptors (Lipinski definition) is 5. The fourth-order valence-corrected chi connectivity index (χ4v) is 1.79. The summed E-state index contributed by atoms with van der Waals surface area (Å²) < 4.78 is 0. The minimum absolute atomic E-state index is 0.0843. The van der Waals surface area contributed by atoms with Crippen LogP contribution in [0.1, 0.15) is 15.9 Å². The Labute approximate surface area is 109 Å². The van der Waals surface area contributed by atoms with E-state index < -0.39 is 10.9 Å². The highest BCUT2D eigenvalue weighted by atomic mass is 32.2. The van der Waals surface area contributed by atoms with Gasteiger partial charge >= 0.3 is 5.97 Å². The summed E-state index contributed by atoms with van der Waals surface area (Å²) in [7, 11) is 0. The minimum atomic E-state index is -1.17. The molecule has 6 nitrogen and oxygen atoms in total. The summed E-state index contributed by atoms with van der Waals surface area (Å²) in [6.45, 7) is 2.23. The van der Waals surface area contributed by atoms with Crippen LogP contribution in [0.3, 0.4) is 0 Å². The van der Waals surface area contributed by atoms with Gasteiger partial charge < -0.3 is 10.4 Å². The Kier molecular flexibility index (Phi) is 4.96. The number of carbonyl (C=O) groups is 1. The zero-order valence-corrected chi connectivity index (χ0v) is 10.9. The van der Waals surface area contributed by atoms with Crippen LogP contribution in [-0.4, -0.2) is 34.6 Å². The van der Waals surface area contributed by atoms with E-state index in [1.54, 1.807) is 18.7 Å². The Morgan fingerprint density at radius 3 is 2.72 bits per heavy atom. The van der Waals surface area contributed by atoms with Gasteiger partial charge in [-0.15, -0.1) is 0 Å². The number of anilines is 1. The van der Waals surface area contributed by atoms with Gasteiger partial charge in [-0.2, -0.15) is 11.8 Å². The molecule has 0 saturated carbocycles. The van der Waals surface area contributed by atoms with Crippen molar-refractivity contribution >= 4 is 29.1 Å². The average molecular weight is 270 g/mol. The first-order valence-electron chi connectivity index (χ1n) is 5.22. The first kappa shape index (κ1) is 14.3. The summed E-state index contributed by atoms with van der Waals surface area (Å²) in [4.78, 5) is 21.2. The predicted octanol–water partition coefficient (Wildman–Crippen LogP) is 2.38. The number of benzene rings is 1. The Balaban J connectivity index is 3.14. The number of thioether (sulfide) groups is 1. The van der Waals surface area contributed by atoms with E-state index in [0.717, 1.165) is 11.8 Å². The molecular formula is C11H14N2O4S. The quantitative estimate of drug-likeness (QED) is 0.468. The van der Waals surface area contributed by atoms with Gasteiger partial charge in [0.15, 0.2) is 0 Å². The van der Waals surface area contributed by atoms with Crippen LogP contribution in [0, 0.1) is 17.0 Å². The molecule has 0 fully saturated rings. The molecule has 0 unspecified atom stereocenters. The highest BCUT2D eigenvalue weighted by Crippen LogP contribution is 2.27. The lowest BCUT2D eigenvalue weighted by atomic mass is 10.1. The molecule has 0 amide bonds. The Hall–Kier alpha value is -1.76. The zero-order valence-electron chi connectivity index (χ0n) is 10.1. The number of aromatic carboxylic acids is 1. The normalized spacial score (nSPS) is 10.1. The van der Waals surface area contributed by atoms with Crippen LogP contribution in [0.15, 0.2) is 12.1 Å². The maximum atomic E-state index is 10.9. The van der Waals surface area contributed by atoms with Crippen LogP contribution in [0.25, 0.3) is 0 Å². The molecule has 0 aliphatic carbocycles. The summed E-state index contributed by atoms with van der Waals surface area (Å²) in [6, 6.07) is 2.50. The molecule has 0 aliphatic rings. The lowest BCUT2D eigenvalue weighted by Gasteiger charge is -2.10. The average Bonchev–Trinajstić information content (AvgIpc) is 2.30. The van der Waals surface area contributed by atoms with Gasteiger partial charge in [0.05, 0.1) is 10.5 Å². The van der Waals surface area contributed by atoms with E-state index in [-0.39, 0.29) is 11.3 Å². The molecule has 18 heavy (non-hydrogen) atoms. The number of nitrogens with zero attached hydrogens (tertiary/aromatic N) is 1. The van der Waals surface area contributed by atoms with E-state index >= 15 is 0 Å². The van der Waals surface area contributed by atoms with Crippen molar-refractivity contribution in [2.75, 3.05) is 23.9 Å². The summed E-state index contributed by atoms with van der Waals surface area (Å²) in [5.74, 6) is -0.337. The molecule has 0 aromatic heterocycles. The lowest BCUT2D eigenvalue weighted by molar-refractivity contribution is -0.385.